The highest BCUT2D eigenvalue weighted by molar-refractivity contribution is 5.52. The highest BCUT2D eigenvalue weighted by atomic mass is 19.4. The van der Waals surface area contributed by atoms with Gasteiger partial charge in [0.15, 0.2) is 11.5 Å². The van der Waals surface area contributed by atoms with E-state index in [-0.39, 0.29) is 11.4 Å². The lowest BCUT2D eigenvalue weighted by atomic mass is 10.3. The maximum absolute atomic E-state index is 12.5. The minimum Gasteiger partial charge on any atom is -0.452 e. The number of aromatic nitrogens is 3. The number of halogens is 3. The molecule has 0 fully saturated rings. The molecule has 0 atom stereocenters. The third-order valence-electron chi connectivity index (χ3n) is 2.09. The normalized spacial score (nSPS) is 11.6. The molecule has 2 aromatic heterocycles. The van der Waals surface area contributed by atoms with Crippen LogP contribution in [-0.4, -0.2) is 14.8 Å². The number of ether oxygens (including phenoxy) is 1. The van der Waals surface area contributed by atoms with Crippen molar-refractivity contribution in [3.63, 3.8) is 0 Å². The highest BCUT2D eigenvalue weighted by Gasteiger charge is 2.33. The topological polar surface area (TPSA) is 66.0 Å². The SMILES string of the molecule is Cn1cc(Oc2cc(C(F)(F)F)ncc2N)cn1. The van der Waals surface area contributed by atoms with Crippen LogP contribution >= 0.6 is 0 Å². The predicted octanol–water partition coefficient (Wildman–Crippen LogP) is 2.21. The molecule has 5 nitrogen and oxygen atoms in total. The Labute approximate surface area is 100.0 Å². The molecule has 0 saturated heterocycles. The molecule has 0 radical (unpaired) electrons. The summed E-state index contributed by atoms with van der Waals surface area (Å²) < 4.78 is 44.1. The van der Waals surface area contributed by atoms with Crippen LogP contribution in [0.15, 0.2) is 24.7 Å². The molecule has 18 heavy (non-hydrogen) atoms. The average Bonchev–Trinajstić information content (AvgIpc) is 2.66. The van der Waals surface area contributed by atoms with Crippen LogP contribution in [0.2, 0.25) is 0 Å². The van der Waals surface area contributed by atoms with E-state index in [1.54, 1.807) is 7.05 Å². The van der Waals surface area contributed by atoms with Crippen molar-refractivity contribution >= 4 is 5.69 Å². The van der Waals surface area contributed by atoms with Gasteiger partial charge in [-0.3, -0.25) is 4.68 Å². The van der Waals surface area contributed by atoms with Gasteiger partial charge in [-0.2, -0.15) is 18.3 Å². The number of nitrogens with zero attached hydrogens (tertiary/aromatic N) is 3. The van der Waals surface area contributed by atoms with Crippen LogP contribution in [0.1, 0.15) is 5.69 Å². The number of nitrogen functional groups attached to an aromatic ring is 1. The molecule has 0 unspecified atom stereocenters. The molecule has 2 N–H and O–H groups in total. The lowest BCUT2D eigenvalue weighted by Gasteiger charge is -2.10. The largest absolute Gasteiger partial charge is 0.452 e. The fourth-order valence-corrected chi connectivity index (χ4v) is 1.27. The van der Waals surface area contributed by atoms with E-state index in [2.05, 4.69) is 10.1 Å². The van der Waals surface area contributed by atoms with Crippen molar-refractivity contribution in [2.75, 3.05) is 5.73 Å². The fraction of sp³-hybridized carbons (Fsp3) is 0.200. The molecule has 2 rings (SSSR count). The summed E-state index contributed by atoms with van der Waals surface area (Å²) in [6, 6.07) is 0.752. The van der Waals surface area contributed by atoms with Crippen LogP contribution in [0.4, 0.5) is 18.9 Å². The van der Waals surface area contributed by atoms with Crippen LogP contribution < -0.4 is 10.5 Å². The quantitative estimate of drug-likeness (QED) is 0.896. The van der Waals surface area contributed by atoms with Gasteiger partial charge in [0.1, 0.15) is 5.69 Å². The molecule has 96 valence electrons. The Bertz CT molecular complexity index is 564. The van der Waals surface area contributed by atoms with Crippen LogP contribution in [0.5, 0.6) is 11.5 Å². The first kappa shape index (κ1) is 12.2. The molecule has 0 bridgehead atoms. The van der Waals surface area contributed by atoms with Crippen LogP contribution in [0, 0.1) is 0 Å². The van der Waals surface area contributed by atoms with Gasteiger partial charge >= 0.3 is 6.18 Å². The Hall–Kier alpha value is -2.25. The van der Waals surface area contributed by atoms with E-state index in [4.69, 9.17) is 10.5 Å². The number of alkyl halides is 3. The smallest absolute Gasteiger partial charge is 0.433 e. The molecule has 0 amide bonds. The van der Waals surface area contributed by atoms with E-state index in [9.17, 15) is 13.2 Å². The molecule has 0 aliphatic heterocycles. The number of rotatable bonds is 2. The summed E-state index contributed by atoms with van der Waals surface area (Å²) in [7, 11) is 1.66. The summed E-state index contributed by atoms with van der Waals surface area (Å²) in [5.74, 6) is 0.189. The van der Waals surface area contributed by atoms with Crippen molar-refractivity contribution in [3.8, 4) is 11.5 Å². The first-order chi connectivity index (χ1) is 8.36. The Kier molecular flexibility index (Phi) is 2.85. The molecule has 2 heterocycles. The average molecular weight is 258 g/mol. The summed E-state index contributed by atoms with van der Waals surface area (Å²) in [6.07, 6.45) is -0.754. The standard InChI is InChI=1S/C10H9F3N4O/c1-17-5-6(3-16-17)18-8-2-9(10(11,12)13)15-4-7(8)14/h2-5H,14H2,1H3. The van der Waals surface area contributed by atoms with Gasteiger partial charge in [0, 0.05) is 13.1 Å². The van der Waals surface area contributed by atoms with Crippen molar-refractivity contribution in [2.24, 2.45) is 7.05 Å². The lowest BCUT2D eigenvalue weighted by molar-refractivity contribution is -0.141. The number of aryl methyl sites for hydroxylation is 1. The van der Waals surface area contributed by atoms with Crippen molar-refractivity contribution in [1.29, 1.82) is 0 Å². The van der Waals surface area contributed by atoms with E-state index in [0.29, 0.717) is 5.75 Å². The van der Waals surface area contributed by atoms with Crippen LogP contribution in [0.25, 0.3) is 0 Å². The maximum atomic E-state index is 12.5. The summed E-state index contributed by atoms with van der Waals surface area (Å²) in [5.41, 5.74) is 4.47. The second-order valence-corrected chi connectivity index (χ2v) is 3.56. The number of anilines is 1. The van der Waals surface area contributed by atoms with E-state index in [1.165, 1.54) is 17.1 Å². The van der Waals surface area contributed by atoms with Gasteiger partial charge in [-0.1, -0.05) is 0 Å². The summed E-state index contributed by atoms with van der Waals surface area (Å²) in [5, 5.41) is 3.83. The summed E-state index contributed by atoms with van der Waals surface area (Å²) in [4.78, 5) is 3.21. The molecule has 8 heteroatoms. The summed E-state index contributed by atoms with van der Waals surface area (Å²) >= 11 is 0. The Morgan fingerprint density at radius 2 is 2.06 bits per heavy atom. The van der Waals surface area contributed by atoms with Crippen LogP contribution in [0.3, 0.4) is 0 Å². The van der Waals surface area contributed by atoms with Gasteiger partial charge in [0.05, 0.1) is 24.3 Å². The van der Waals surface area contributed by atoms with E-state index < -0.39 is 11.9 Å². The monoisotopic (exact) mass is 258 g/mol. The van der Waals surface area contributed by atoms with Gasteiger partial charge in [0.2, 0.25) is 0 Å². The Morgan fingerprint density at radius 1 is 1.33 bits per heavy atom. The first-order valence-electron chi connectivity index (χ1n) is 4.85. The summed E-state index contributed by atoms with van der Waals surface area (Å²) in [6.45, 7) is 0. The molecular formula is C10H9F3N4O. The van der Waals surface area contributed by atoms with Gasteiger partial charge in [0.25, 0.3) is 0 Å². The van der Waals surface area contributed by atoms with Gasteiger partial charge < -0.3 is 10.5 Å². The van der Waals surface area contributed by atoms with Gasteiger partial charge in [-0.25, -0.2) is 4.98 Å². The zero-order chi connectivity index (χ0) is 13.3. The molecule has 2 aromatic rings. The predicted molar refractivity (Wildman–Crippen MR) is 56.9 cm³/mol. The van der Waals surface area contributed by atoms with Gasteiger partial charge in [-0.15, -0.1) is 0 Å². The zero-order valence-electron chi connectivity index (χ0n) is 9.27. The fourth-order valence-electron chi connectivity index (χ4n) is 1.27. The van der Waals surface area contributed by atoms with Crippen molar-refractivity contribution in [3.05, 3.63) is 30.4 Å². The Morgan fingerprint density at radius 3 is 2.61 bits per heavy atom. The van der Waals surface area contributed by atoms with E-state index in [1.807, 2.05) is 0 Å². The molecule has 0 aromatic carbocycles. The second kappa shape index (κ2) is 4.21. The van der Waals surface area contributed by atoms with Crippen molar-refractivity contribution < 1.29 is 17.9 Å². The number of pyridine rings is 1. The first-order valence-corrected chi connectivity index (χ1v) is 4.85. The van der Waals surface area contributed by atoms with E-state index >= 15 is 0 Å². The lowest BCUT2D eigenvalue weighted by Crippen LogP contribution is -2.08. The zero-order valence-corrected chi connectivity index (χ0v) is 9.27. The second-order valence-electron chi connectivity index (χ2n) is 3.56. The van der Waals surface area contributed by atoms with Crippen molar-refractivity contribution in [2.45, 2.75) is 6.18 Å². The van der Waals surface area contributed by atoms with Crippen molar-refractivity contribution in [1.82, 2.24) is 14.8 Å². The maximum Gasteiger partial charge on any atom is 0.433 e. The third-order valence-corrected chi connectivity index (χ3v) is 2.09. The third kappa shape index (κ3) is 2.53. The number of nitrogens with two attached hydrogens (primary N) is 1. The molecule has 0 saturated carbocycles. The van der Waals surface area contributed by atoms with Gasteiger partial charge in [-0.05, 0) is 0 Å². The highest BCUT2D eigenvalue weighted by Crippen LogP contribution is 2.33. The number of hydrogen-bond donors (Lipinski definition) is 1. The van der Waals surface area contributed by atoms with Crippen LogP contribution in [-0.2, 0) is 13.2 Å². The minimum absolute atomic E-state index is 0.0202. The minimum atomic E-state index is -4.54. The molecule has 0 aliphatic rings. The Balaban J connectivity index is 2.32. The molecule has 0 spiro atoms. The molecular weight excluding hydrogens is 249 g/mol. The van der Waals surface area contributed by atoms with E-state index in [0.717, 1.165) is 12.3 Å². The molecule has 0 aliphatic carbocycles. The number of hydrogen-bond acceptors (Lipinski definition) is 4.